The van der Waals surface area contributed by atoms with Crippen LogP contribution in [0.2, 0.25) is 0 Å². The van der Waals surface area contributed by atoms with Gasteiger partial charge in [-0.25, -0.2) is 0 Å². The highest BCUT2D eigenvalue weighted by Crippen LogP contribution is 2.12. The van der Waals surface area contributed by atoms with Gasteiger partial charge in [0.15, 0.2) is 0 Å². The molecular formula is C14H20N4. The number of anilines is 1. The zero-order valence-corrected chi connectivity index (χ0v) is 11.2. The van der Waals surface area contributed by atoms with Gasteiger partial charge in [-0.3, -0.25) is 5.10 Å². The van der Waals surface area contributed by atoms with Crippen LogP contribution in [0.4, 0.5) is 5.69 Å². The Hall–Kier alpha value is -1.81. The highest BCUT2D eigenvalue weighted by atomic mass is 15.1. The molecule has 1 heterocycles. The van der Waals surface area contributed by atoms with E-state index in [1.165, 1.54) is 11.1 Å². The molecule has 1 aromatic carbocycles. The van der Waals surface area contributed by atoms with E-state index in [0.717, 1.165) is 24.5 Å². The topological polar surface area (TPSA) is 44.0 Å². The van der Waals surface area contributed by atoms with Crippen LogP contribution in [-0.4, -0.2) is 29.2 Å². The number of hydrogen-bond acceptors (Lipinski definition) is 3. The molecule has 2 rings (SSSR count). The van der Waals surface area contributed by atoms with Gasteiger partial charge in [0.05, 0.1) is 6.20 Å². The minimum absolute atomic E-state index is 0.801. The largest absolute Gasteiger partial charge is 0.381 e. The van der Waals surface area contributed by atoms with Gasteiger partial charge in [-0.15, -0.1) is 0 Å². The van der Waals surface area contributed by atoms with Crippen LogP contribution in [0.1, 0.15) is 16.8 Å². The SMILES string of the molecule is Cc1[nH]ncc1CNc1ccc(CN(C)C)cc1. The molecule has 0 aliphatic heterocycles. The number of aromatic amines is 1. The normalized spacial score (nSPS) is 10.9. The molecule has 0 unspecified atom stereocenters. The summed E-state index contributed by atoms with van der Waals surface area (Å²) in [4.78, 5) is 2.16. The Morgan fingerprint density at radius 3 is 2.50 bits per heavy atom. The Balaban J connectivity index is 1.92. The predicted octanol–water partition coefficient (Wildman–Crippen LogP) is 2.39. The number of nitrogens with one attached hydrogen (secondary N) is 2. The van der Waals surface area contributed by atoms with E-state index in [4.69, 9.17) is 0 Å². The van der Waals surface area contributed by atoms with E-state index in [2.05, 4.69) is 58.8 Å². The lowest BCUT2D eigenvalue weighted by Crippen LogP contribution is -2.10. The number of hydrogen-bond donors (Lipinski definition) is 2. The molecule has 0 fully saturated rings. The molecular weight excluding hydrogens is 224 g/mol. The third kappa shape index (κ3) is 3.34. The van der Waals surface area contributed by atoms with Crippen LogP contribution in [0.3, 0.4) is 0 Å². The molecule has 4 nitrogen and oxygen atoms in total. The van der Waals surface area contributed by atoms with Crippen molar-refractivity contribution >= 4 is 5.69 Å². The molecule has 0 aliphatic carbocycles. The Kier molecular flexibility index (Phi) is 3.99. The summed E-state index contributed by atoms with van der Waals surface area (Å²) in [6.07, 6.45) is 1.86. The third-order valence-electron chi connectivity index (χ3n) is 2.87. The summed E-state index contributed by atoms with van der Waals surface area (Å²) in [6.45, 7) is 3.81. The Labute approximate surface area is 108 Å². The number of rotatable bonds is 5. The van der Waals surface area contributed by atoms with Crippen molar-refractivity contribution < 1.29 is 0 Å². The first kappa shape index (κ1) is 12.6. The molecule has 0 bridgehead atoms. The van der Waals surface area contributed by atoms with Gasteiger partial charge >= 0.3 is 0 Å². The summed E-state index contributed by atoms with van der Waals surface area (Å²) in [5.74, 6) is 0. The van der Waals surface area contributed by atoms with Crippen molar-refractivity contribution in [3.8, 4) is 0 Å². The van der Waals surface area contributed by atoms with Gasteiger partial charge in [0.2, 0.25) is 0 Å². The highest BCUT2D eigenvalue weighted by Gasteiger charge is 2.00. The zero-order chi connectivity index (χ0) is 13.0. The summed E-state index contributed by atoms with van der Waals surface area (Å²) in [5, 5.41) is 10.3. The molecule has 0 aliphatic rings. The van der Waals surface area contributed by atoms with Gasteiger partial charge in [0.25, 0.3) is 0 Å². The fraction of sp³-hybridized carbons (Fsp3) is 0.357. The van der Waals surface area contributed by atoms with Crippen molar-refractivity contribution in [3.05, 3.63) is 47.3 Å². The average Bonchev–Trinajstić information content (AvgIpc) is 2.73. The van der Waals surface area contributed by atoms with Gasteiger partial charge in [-0.05, 0) is 38.7 Å². The van der Waals surface area contributed by atoms with E-state index in [9.17, 15) is 0 Å². The maximum atomic E-state index is 4.01. The second-order valence-electron chi connectivity index (χ2n) is 4.81. The number of aryl methyl sites for hydroxylation is 1. The van der Waals surface area contributed by atoms with Gasteiger partial charge in [-0.2, -0.15) is 5.10 Å². The first-order valence-electron chi connectivity index (χ1n) is 6.11. The van der Waals surface area contributed by atoms with Crippen LogP contribution in [0, 0.1) is 6.92 Å². The molecule has 0 spiro atoms. The maximum Gasteiger partial charge on any atom is 0.0539 e. The fourth-order valence-corrected chi connectivity index (χ4v) is 1.84. The lowest BCUT2D eigenvalue weighted by Gasteiger charge is -2.11. The molecule has 0 saturated heterocycles. The number of H-pyrrole nitrogens is 1. The van der Waals surface area contributed by atoms with Crippen LogP contribution in [-0.2, 0) is 13.1 Å². The van der Waals surface area contributed by atoms with Gasteiger partial charge < -0.3 is 10.2 Å². The molecule has 0 amide bonds. The van der Waals surface area contributed by atoms with Crippen molar-refractivity contribution in [1.29, 1.82) is 0 Å². The van der Waals surface area contributed by atoms with Gasteiger partial charge in [0, 0.05) is 30.0 Å². The second kappa shape index (κ2) is 5.69. The summed E-state index contributed by atoms with van der Waals surface area (Å²) in [7, 11) is 4.15. The lowest BCUT2D eigenvalue weighted by molar-refractivity contribution is 0.402. The van der Waals surface area contributed by atoms with E-state index >= 15 is 0 Å². The molecule has 18 heavy (non-hydrogen) atoms. The fourth-order valence-electron chi connectivity index (χ4n) is 1.84. The van der Waals surface area contributed by atoms with E-state index < -0.39 is 0 Å². The molecule has 0 radical (unpaired) electrons. The predicted molar refractivity (Wildman–Crippen MR) is 74.5 cm³/mol. The minimum atomic E-state index is 0.801. The van der Waals surface area contributed by atoms with Crippen molar-refractivity contribution in [2.45, 2.75) is 20.0 Å². The first-order valence-corrected chi connectivity index (χ1v) is 6.11. The monoisotopic (exact) mass is 244 g/mol. The van der Waals surface area contributed by atoms with Crippen molar-refractivity contribution in [1.82, 2.24) is 15.1 Å². The van der Waals surface area contributed by atoms with Crippen molar-refractivity contribution in [2.24, 2.45) is 0 Å². The van der Waals surface area contributed by atoms with Crippen LogP contribution >= 0.6 is 0 Å². The number of aromatic nitrogens is 2. The second-order valence-corrected chi connectivity index (χ2v) is 4.81. The van der Waals surface area contributed by atoms with E-state index in [-0.39, 0.29) is 0 Å². The van der Waals surface area contributed by atoms with Crippen LogP contribution in [0.15, 0.2) is 30.5 Å². The van der Waals surface area contributed by atoms with Gasteiger partial charge in [-0.1, -0.05) is 12.1 Å². The average molecular weight is 244 g/mol. The summed E-state index contributed by atoms with van der Waals surface area (Å²) in [5.41, 5.74) is 4.78. The van der Waals surface area contributed by atoms with Crippen molar-refractivity contribution in [2.75, 3.05) is 19.4 Å². The highest BCUT2D eigenvalue weighted by molar-refractivity contribution is 5.45. The Morgan fingerprint density at radius 1 is 1.22 bits per heavy atom. The third-order valence-corrected chi connectivity index (χ3v) is 2.87. The van der Waals surface area contributed by atoms with Gasteiger partial charge in [0.1, 0.15) is 0 Å². The van der Waals surface area contributed by atoms with Crippen LogP contribution in [0.25, 0.3) is 0 Å². The van der Waals surface area contributed by atoms with E-state index in [1.54, 1.807) is 0 Å². The summed E-state index contributed by atoms with van der Waals surface area (Å²) < 4.78 is 0. The molecule has 0 atom stereocenters. The van der Waals surface area contributed by atoms with Crippen LogP contribution < -0.4 is 5.32 Å². The molecule has 2 aromatic rings. The standard InChI is InChI=1S/C14H20N4/c1-11-13(9-16-17-11)8-15-14-6-4-12(5-7-14)10-18(2)3/h4-7,9,15H,8,10H2,1-3H3,(H,16,17). The minimum Gasteiger partial charge on any atom is -0.381 e. The zero-order valence-electron chi connectivity index (χ0n) is 11.2. The quantitative estimate of drug-likeness (QED) is 0.848. The lowest BCUT2D eigenvalue weighted by atomic mass is 10.2. The maximum absolute atomic E-state index is 4.01. The number of benzene rings is 1. The number of nitrogens with zero attached hydrogens (tertiary/aromatic N) is 2. The molecule has 2 N–H and O–H groups in total. The molecule has 0 saturated carbocycles. The van der Waals surface area contributed by atoms with Crippen LogP contribution in [0.5, 0.6) is 0 Å². The first-order chi connectivity index (χ1) is 8.65. The molecule has 1 aromatic heterocycles. The Bertz CT molecular complexity index is 485. The molecule has 96 valence electrons. The summed E-state index contributed by atoms with van der Waals surface area (Å²) in [6, 6.07) is 8.55. The smallest absolute Gasteiger partial charge is 0.0539 e. The molecule has 4 heteroatoms. The van der Waals surface area contributed by atoms with Crippen molar-refractivity contribution in [3.63, 3.8) is 0 Å². The van der Waals surface area contributed by atoms with E-state index in [0.29, 0.717) is 0 Å². The van der Waals surface area contributed by atoms with E-state index in [1.807, 2.05) is 13.1 Å². The Morgan fingerprint density at radius 2 is 1.94 bits per heavy atom. The summed E-state index contributed by atoms with van der Waals surface area (Å²) >= 11 is 0.